The number of rotatable bonds is 5. The Labute approximate surface area is 302 Å². The Balaban J connectivity index is 1.09. The molecule has 1 aliphatic rings. The van der Waals surface area contributed by atoms with Gasteiger partial charge in [-0.15, -0.1) is 0 Å². The Morgan fingerprint density at radius 2 is 0.923 bits per heavy atom. The van der Waals surface area contributed by atoms with E-state index in [0.29, 0.717) is 17.5 Å². The van der Waals surface area contributed by atoms with E-state index < -0.39 is 0 Å². The monoisotopic (exact) mass is 663 g/mol. The molecule has 52 heavy (non-hydrogen) atoms. The summed E-state index contributed by atoms with van der Waals surface area (Å²) in [6.45, 7) is 0. The predicted octanol–water partition coefficient (Wildman–Crippen LogP) is 12.6. The van der Waals surface area contributed by atoms with Crippen LogP contribution in [0.2, 0.25) is 0 Å². The Morgan fingerprint density at radius 3 is 1.52 bits per heavy atom. The van der Waals surface area contributed by atoms with E-state index in [0.717, 1.165) is 23.1 Å². The zero-order chi connectivity index (χ0) is 34.4. The molecule has 3 heteroatoms. The van der Waals surface area contributed by atoms with E-state index in [1.807, 2.05) is 36.4 Å². The molecule has 10 rings (SSSR count). The number of hydrogen-bond donors (Lipinski definition) is 0. The van der Waals surface area contributed by atoms with E-state index in [4.69, 9.17) is 15.0 Å². The minimum absolute atomic E-state index is 0.179. The van der Waals surface area contributed by atoms with E-state index in [1.54, 1.807) is 0 Å². The molecule has 1 aliphatic carbocycles. The maximum Gasteiger partial charge on any atom is 0.164 e. The van der Waals surface area contributed by atoms with Crippen LogP contribution in [0.15, 0.2) is 182 Å². The van der Waals surface area contributed by atoms with E-state index in [2.05, 4.69) is 146 Å². The summed E-state index contributed by atoms with van der Waals surface area (Å²) < 4.78 is 0. The van der Waals surface area contributed by atoms with Gasteiger partial charge in [-0.1, -0.05) is 176 Å². The van der Waals surface area contributed by atoms with Crippen molar-refractivity contribution >= 4 is 48.7 Å². The molecule has 0 amide bonds. The number of hydrogen-bond acceptors (Lipinski definition) is 3. The van der Waals surface area contributed by atoms with Gasteiger partial charge < -0.3 is 0 Å². The van der Waals surface area contributed by atoms with E-state index in [1.165, 1.54) is 59.8 Å². The molecule has 1 heterocycles. The molecule has 244 valence electrons. The van der Waals surface area contributed by atoms with Gasteiger partial charge in [-0.05, 0) is 72.3 Å². The van der Waals surface area contributed by atoms with Gasteiger partial charge in [0.1, 0.15) is 0 Å². The highest BCUT2D eigenvalue weighted by Crippen LogP contribution is 2.43. The molecule has 1 aromatic heterocycles. The standard InChI is InChI=1S/C49H33N3/c1-3-14-34(15-4-1)47-50-48(35-16-5-2-6-17-35)52-49(51-47)36-25-23-33(24-26-36)46-38-18-8-7-13-32(38)27-29-39(46)37-28-30-44-42-21-10-9-19-40(42)41-20-11-12-22-43(41)45(44)31-37/h1-23,25-31,33H,24H2. The molecule has 9 aromatic rings. The third-order valence-corrected chi connectivity index (χ3v) is 10.5. The first-order valence-corrected chi connectivity index (χ1v) is 17.9. The van der Waals surface area contributed by atoms with Crippen molar-refractivity contribution in [1.29, 1.82) is 0 Å². The molecule has 0 radical (unpaired) electrons. The molecule has 8 aromatic carbocycles. The predicted molar refractivity (Wildman–Crippen MR) is 217 cm³/mol. The summed E-state index contributed by atoms with van der Waals surface area (Å²) in [7, 11) is 0. The number of benzene rings is 8. The molecule has 0 spiro atoms. The lowest BCUT2D eigenvalue weighted by atomic mass is 9.81. The van der Waals surface area contributed by atoms with Gasteiger partial charge in [0.25, 0.3) is 0 Å². The summed E-state index contributed by atoms with van der Waals surface area (Å²) in [5.74, 6) is 2.22. The Morgan fingerprint density at radius 1 is 0.404 bits per heavy atom. The van der Waals surface area contributed by atoms with Crippen molar-refractivity contribution in [2.45, 2.75) is 12.3 Å². The molecule has 1 atom stereocenters. The third kappa shape index (κ3) is 5.18. The first-order chi connectivity index (χ1) is 25.8. The van der Waals surface area contributed by atoms with E-state index in [9.17, 15) is 0 Å². The zero-order valence-corrected chi connectivity index (χ0v) is 28.4. The molecule has 0 saturated carbocycles. The zero-order valence-electron chi connectivity index (χ0n) is 28.4. The number of nitrogens with zero attached hydrogens (tertiary/aromatic N) is 3. The van der Waals surface area contributed by atoms with Crippen molar-refractivity contribution in [1.82, 2.24) is 15.0 Å². The molecule has 1 unspecified atom stereocenters. The quantitative estimate of drug-likeness (QED) is 0.172. The van der Waals surface area contributed by atoms with Crippen LogP contribution in [0.25, 0.3) is 82.6 Å². The molecule has 0 bridgehead atoms. The fourth-order valence-electron chi connectivity index (χ4n) is 7.96. The van der Waals surface area contributed by atoms with Crippen LogP contribution in [0.4, 0.5) is 0 Å². The van der Waals surface area contributed by atoms with Crippen LogP contribution < -0.4 is 0 Å². The van der Waals surface area contributed by atoms with Crippen LogP contribution in [-0.4, -0.2) is 15.0 Å². The topological polar surface area (TPSA) is 38.7 Å². The highest BCUT2D eigenvalue weighted by molar-refractivity contribution is 6.25. The minimum atomic E-state index is 0.179. The lowest BCUT2D eigenvalue weighted by Gasteiger charge is -2.23. The molecule has 3 nitrogen and oxygen atoms in total. The van der Waals surface area contributed by atoms with Crippen LogP contribution in [0.3, 0.4) is 0 Å². The second kappa shape index (κ2) is 12.6. The first kappa shape index (κ1) is 30.1. The highest BCUT2D eigenvalue weighted by Gasteiger charge is 2.22. The summed E-state index contributed by atoms with van der Waals surface area (Å²) >= 11 is 0. The summed E-state index contributed by atoms with van der Waals surface area (Å²) in [5.41, 5.74) is 6.80. The van der Waals surface area contributed by atoms with Gasteiger partial charge in [0.05, 0.1) is 0 Å². The number of fused-ring (bicyclic) bond motifs is 7. The van der Waals surface area contributed by atoms with Crippen molar-refractivity contribution in [2.75, 3.05) is 0 Å². The minimum Gasteiger partial charge on any atom is -0.208 e. The van der Waals surface area contributed by atoms with Crippen molar-refractivity contribution in [3.8, 4) is 33.9 Å². The third-order valence-electron chi connectivity index (χ3n) is 10.5. The van der Waals surface area contributed by atoms with Crippen molar-refractivity contribution in [3.05, 3.63) is 193 Å². The number of aromatic nitrogens is 3. The smallest absolute Gasteiger partial charge is 0.164 e. The Kier molecular flexibility index (Phi) is 7.28. The summed E-state index contributed by atoms with van der Waals surface area (Å²) in [5, 5.41) is 10.3. The number of allylic oxidation sites excluding steroid dienone is 4. The fourth-order valence-corrected chi connectivity index (χ4v) is 7.96. The van der Waals surface area contributed by atoms with Gasteiger partial charge in [-0.25, -0.2) is 15.0 Å². The van der Waals surface area contributed by atoms with Gasteiger partial charge in [-0.2, -0.15) is 0 Å². The first-order valence-electron chi connectivity index (χ1n) is 17.9. The van der Waals surface area contributed by atoms with Crippen LogP contribution in [-0.2, 0) is 0 Å². The average Bonchev–Trinajstić information content (AvgIpc) is 3.24. The van der Waals surface area contributed by atoms with Crippen molar-refractivity contribution < 1.29 is 0 Å². The van der Waals surface area contributed by atoms with Gasteiger partial charge in [0.2, 0.25) is 0 Å². The van der Waals surface area contributed by atoms with E-state index in [-0.39, 0.29) is 5.92 Å². The lowest BCUT2D eigenvalue weighted by Crippen LogP contribution is -2.06. The van der Waals surface area contributed by atoms with Crippen molar-refractivity contribution in [3.63, 3.8) is 0 Å². The molecular weight excluding hydrogens is 631 g/mol. The van der Waals surface area contributed by atoms with Crippen LogP contribution >= 0.6 is 0 Å². The highest BCUT2D eigenvalue weighted by atomic mass is 15.0. The SMILES string of the molecule is C1=CC(c2c(-c3ccc4c5ccccc5c5ccccc5c4c3)ccc3ccccc23)CC=C1c1nc(-c2ccccc2)nc(-c2ccccc2)n1. The normalized spacial score (nSPS) is 14.3. The maximum absolute atomic E-state index is 5.00. The summed E-state index contributed by atoms with van der Waals surface area (Å²) in [6, 6.07) is 58.3. The molecule has 0 N–H and O–H groups in total. The fraction of sp³-hybridized carbons (Fsp3) is 0.0408. The maximum atomic E-state index is 5.00. The molecule has 0 saturated heterocycles. The van der Waals surface area contributed by atoms with Gasteiger partial charge >= 0.3 is 0 Å². The summed E-state index contributed by atoms with van der Waals surface area (Å²) in [4.78, 5) is 14.9. The van der Waals surface area contributed by atoms with Crippen LogP contribution in [0.5, 0.6) is 0 Å². The van der Waals surface area contributed by atoms with E-state index >= 15 is 0 Å². The average molecular weight is 664 g/mol. The largest absolute Gasteiger partial charge is 0.208 e. The molecule has 0 aliphatic heterocycles. The van der Waals surface area contributed by atoms with Gasteiger partial charge in [0, 0.05) is 22.6 Å². The van der Waals surface area contributed by atoms with Crippen LogP contribution in [0.1, 0.15) is 23.7 Å². The Hall–Kier alpha value is -6.71. The molecule has 0 fully saturated rings. The lowest BCUT2D eigenvalue weighted by molar-refractivity contribution is 0.863. The second-order valence-corrected chi connectivity index (χ2v) is 13.5. The van der Waals surface area contributed by atoms with Crippen molar-refractivity contribution in [2.24, 2.45) is 0 Å². The van der Waals surface area contributed by atoms with Gasteiger partial charge in [-0.3, -0.25) is 0 Å². The summed E-state index contributed by atoms with van der Waals surface area (Å²) in [6.07, 6.45) is 7.69. The van der Waals surface area contributed by atoms with Crippen LogP contribution in [0, 0.1) is 0 Å². The Bertz CT molecular complexity index is 2780. The second-order valence-electron chi connectivity index (χ2n) is 13.5. The molecular formula is C49H33N3. The van der Waals surface area contributed by atoms with Gasteiger partial charge in [0.15, 0.2) is 17.5 Å².